The van der Waals surface area contributed by atoms with Crippen LogP contribution in [-0.2, 0) is 4.79 Å². The van der Waals surface area contributed by atoms with Gasteiger partial charge in [-0.3, -0.25) is 9.59 Å². The maximum Gasteiger partial charge on any atom is 0.276 e. The minimum absolute atomic E-state index is 0.0427. The van der Waals surface area contributed by atoms with E-state index in [0.29, 0.717) is 38.4 Å². The lowest BCUT2D eigenvalue weighted by atomic mass is 9.85. The Balaban J connectivity index is 1.88. The van der Waals surface area contributed by atoms with E-state index < -0.39 is 5.54 Å². The van der Waals surface area contributed by atoms with Gasteiger partial charge in [-0.15, -0.1) is 0 Å². The van der Waals surface area contributed by atoms with Crippen molar-refractivity contribution in [1.29, 1.82) is 0 Å². The van der Waals surface area contributed by atoms with E-state index in [2.05, 4.69) is 4.98 Å². The van der Waals surface area contributed by atoms with E-state index in [9.17, 15) is 9.59 Å². The number of aliphatic hydroxyl groups is 1. The Bertz CT molecular complexity index is 583. The van der Waals surface area contributed by atoms with Crippen LogP contribution in [0.1, 0.15) is 42.1 Å². The fraction of sp³-hybridized carbons (Fsp3) is 0.667. The average molecular weight is 307 g/mol. The first-order valence-corrected chi connectivity index (χ1v) is 7.73. The quantitative estimate of drug-likeness (QED) is 0.882. The van der Waals surface area contributed by atoms with Crippen molar-refractivity contribution in [1.82, 2.24) is 14.8 Å². The third-order valence-corrected chi connectivity index (χ3v) is 4.65. The van der Waals surface area contributed by atoms with Crippen LogP contribution in [0.15, 0.2) is 10.7 Å². The van der Waals surface area contributed by atoms with Crippen molar-refractivity contribution in [2.75, 3.05) is 26.2 Å². The Morgan fingerprint density at radius 1 is 1.41 bits per heavy atom. The number of aryl methyl sites for hydroxylation is 1. The van der Waals surface area contributed by atoms with E-state index in [0.717, 1.165) is 12.8 Å². The van der Waals surface area contributed by atoms with Crippen molar-refractivity contribution >= 4 is 11.8 Å². The van der Waals surface area contributed by atoms with Gasteiger partial charge in [0.05, 0.1) is 6.61 Å². The van der Waals surface area contributed by atoms with Gasteiger partial charge in [0, 0.05) is 26.6 Å². The molecule has 1 aromatic rings. The molecule has 7 heteroatoms. The number of carbonyl (C=O) groups is 2. The number of aromatic nitrogens is 1. The van der Waals surface area contributed by atoms with Crippen LogP contribution in [0.25, 0.3) is 0 Å². The Hall–Kier alpha value is -1.89. The van der Waals surface area contributed by atoms with Crippen LogP contribution in [0, 0.1) is 6.92 Å². The van der Waals surface area contributed by atoms with Gasteiger partial charge in [-0.1, -0.05) is 0 Å². The van der Waals surface area contributed by atoms with E-state index in [1.54, 1.807) is 16.7 Å². The monoisotopic (exact) mass is 307 g/mol. The smallest absolute Gasteiger partial charge is 0.276 e. The molecule has 1 spiro atoms. The molecule has 7 nitrogen and oxygen atoms in total. The summed E-state index contributed by atoms with van der Waals surface area (Å²) in [5.74, 6) is 0.154. The normalized spacial score (nSPS) is 25.3. The number of oxazole rings is 1. The van der Waals surface area contributed by atoms with Crippen LogP contribution in [0.4, 0.5) is 0 Å². The fourth-order valence-corrected chi connectivity index (χ4v) is 3.66. The molecule has 2 aliphatic heterocycles. The molecule has 0 radical (unpaired) electrons. The van der Waals surface area contributed by atoms with Gasteiger partial charge in [-0.25, -0.2) is 4.98 Å². The molecule has 2 saturated heterocycles. The van der Waals surface area contributed by atoms with Crippen molar-refractivity contribution in [3.05, 3.63) is 17.8 Å². The third kappa shape index (κ3) is 2.29. The van der Waals surface area contributed by atoms with Crippen LogP contribution in [0.2, 0.25) is 0 Å². The Morgan fingerprint density at radius 2 is 2.14 bits per heavy atom. The van der Waals surface area contributed by atoms with Gasteiger partial charge in [0.25, 0.3) is 5.91 Å². The highest BCUT2D eigenvalue weighted by Crippen LogP contribution is 2.39. The standard InChI is InChI=1S/C15H21N3O4/c1-11-16-12(10-22-11)13(20)18-7-3-5-15(18)4-2-6-17(8-9-19)14(15)21/h10,19H,2-9H2,1H3. The lowest BCUT2D eigenvalue weighted by molar-refractivity contribution is -0.146. The second-order valence-corrected chi connectivity index (χ2v) is 5.96. The number of rotatable bonds is 3. The van der Waals surface area contributed by atoms with E-state index in [-0.39, 0.29) is 24.1 Å². The van der Waals surface area contributed by atoms with E-state index in [1.807, 2.05) is 0 Å². The zero-order valence-electron chi connectivity index (χ0n) is 12.7. The summed E-state index contributed by atoms with van der Waals surface area (Å²) in [4.78, 5) is 33.0. The van der Waals surface area contributed by atoms with Gasteiger partial charge in [-0.05, 0) is 25.7 Å². The SMILES string of the molecule is Cc1nc(C(=O)N2CCCC23CCCN(CCO)C3=O)co1. The molecule has 0 aliphatic carbocycles. The predicted molar refractivity (Wildman–Crippen MR) is 77.1 cm³/mol. The summed E-state index contributed by atoms with van der Waals surface area (Å²) in [5, 5.41) is 9.13. The molecule has 1 atom stereocenters. The molecule has 3 rings (SSSR count). The molecule has 120 valence electrons. The Labute approximate surface area is 128 Å². The van der Waals surface area contributed by atoms with Crippen molar-refractivity contribution in [2.24, 2.45) is 0 Å². The van der Waals surface area contributed by atoms with Gasteiger partial charge in [0.1, 0.15) is 11.8 Å². The summed E-state index contributed by atoms with van der Waals surface area (Å²) in [6, 6.07) is 0. The van der Waals surface area contributed by atoms with E-state index in [1.165, 1.54) is 6.26 Å². The van der Waals surface area contributed by atoms with Gasteiger partial charge in [0.15, 0.2) is 11.6 Å². The highest BCUT2D eigenvalue weighted by Gasteiger charge is 2.53. The number of carbonyl (C=O) groups excluding carboxylic acids is 2. The number of β-amino-alcohol motifs (C(OH)–C–C–N with tert-alkyl or cyclic N) is 1. The average Bonchev–Trinajstić information content (AvgIpc) is 3.11. The Morgan fingerprint density at radius 3 is 2.77 bits per heavy atom. The van der Waals surface area contributed by atoms with Crippen molar-refractivity contribution in [3.8, 4) is 0 Å². The highest BCUT2D eigenvalue weighted by molar-refractivity contribution is 5.98. The molecule has 1 aromatic heterocycles. The van der Waals surface area contributed by atoms with Crippen molar-refractivity contribution < 1.29 is 19.1 Å². The van der Waals surface area contributed by atoms with Crippen LogP contribution in [0.3, 0.4) is 0 Å². The highest BCUT2D eigenvalue weighted by atomic mass is 16.3. The second kappa shape index (κ2) is 5.72. The molecule has 0 saturated carbocycles. The summed E-state index contributed by atoms with van der Waals surface area (Å²) in [6.07, 6.45) is 4.35. The topological polar surface area (TPSA) is 86.9 Å². The summed E-state index contributed by atoms with van der Waals surface area (Å²) in [7, 11) is 0. The zero-order valence-corrected chi connectivity index (χ0v) is 12.7. The first kappa shape index (κ1) is 15.0. The molecular formula is C15H21N3O4. The summed E-state index contributed by atoms with van der Waals surface area (Å²) in [6.45, 7) is 3.16. The first-order chi connectivity index (χ1) is 10.6. The number of hydrogen-bond donors (Lipinski definition) is 1. The molecule has 2 aliphatic rings. The molecule has 0 bridgehead atoms. The maximum absolute atomic E-state index is 12.9. The molecule has 1 N–H and O–H groups in total. The first-order valence-electron chi connectivity index (χ1n) is 7.73. The number of likely N-dealkylation sites (tertiary alicyclic amines) is 2. The molecule has 3 heterocycles. The lowest BCUT2D eigenvalue weighted by Crippen LogP contribution is -2.61. The number of hydrogen-bond acceptors (Lipinski definition) is 5. The summed E-state index contributed by atoms with van der Waals surface area (Å²) in [5.41, 5.74) is -0.511. The molecule has 22 heavy (non-hydrogen) atoms. The van der Waals surface area contributed by atoms with Gasteiger partial charge >= 0.3 is 0 Å². The fourth-order valence-electron chi connectivity index (χ4n) is 3.66. The third-order valence-electron chi connectivity index (χ3n) is 4.65. The molecule has 2 amide bonds. The Kier molecular flexibility index (Phi) is 3.90. The van der Waals surface area contributed by atoms with E-state index in [4.69, 9.17) is 9.52 Å². The van der Waals surface area contributed by atoms with Crippen molar-refractivity contribution in [2.45, 2.75) is 38.1 Å². The number of piperidine rings is 1. The second-order valence-electron chi connectivity index (χ2n) is 5.96. The lowest BCUT2D eigenvalue weighted by Gasteiger charge is -2.44. The van der Waals surface area contributed by atoms with Crippen molar-refractivity contribution in [3.63, 3.8) is 0 Å². The molecule has 0 aromatic carbocycles. The van der Waals surface area contributed by atoms with Crippen LogP contribution in [-0.4, -0.2) is 63.5 Å². The molecule has 2 fully saturated rings. The van der Waals surface area contributed by atoms with E-state index >= 15 is 0 Å². The maximum atomic E-state index is 12.9. The van der Waals surface area contributed by atoms with Crippen LogP contribution in [0.5, 0.6) is 0 Å². The number of amides is 2. The minimum atomic E-state index is -0.767. The number of nitrogens with zero attached hydrogens (tertiary/aromatic N) is 3. The van der Waals surface area contributed by atoms with Gasteiger partial charge in [-0.2, -0.15) is 0 Å². The van der Waals surface area contributed by atoms with Crippen LogP contribution >= 0.6 is 0 Å². The number of aliphatic hydroxyl groups excluding tert-OH is 1. The predicted octanol–water partition coefficient (Wildman–Crippen LogP) is 0.573. The summed E-state index contributed by atoms with van der Waals surface area (Å²) >= 11 is 0. The van der Waals surface area contributed by atoms with Gasteiger partial charge < -0.3 is 19.3 Å². The molecule has 1 unspecified atom stereocenters. The summed E-state index contributed by atoms with van der Waals surface area (Å²) < 4.78 is 5.12. The minimum Gasteiger partial charge on any atom is -0.448 e. The molecular weight excluding hydrogens is 286 g/mol. The zero-order chi connectivity index (χ0) is 15.7. The largest absolute Gasteiger partial charge is 0.448 e. The van der Waals surface area contributed by atoms with Crippen LogP contribution < -0.4 is 0 Å². The van der Waals surface area contributed by atoms with Gasteiger partial charge in [0.2, 0.25) is 5.91 Å².